The minimum Gasteiger partial charge on any atom is -0.342 e. The topological polar surface area (TPSA) is 54.3 Å². The van der Waals surface area contributed by atoms with Crippen molar-refractivity contribution < 1.29 is 9.59 Å². The minimum absolute atomic E-state index is 0.185. The van der Waals surface area contributed by atoms with E-state index in [1.807, 2.05) is 30.5 Å². The second kappa shape index (κ2) is 7.61. The number of urea groups is 1. The van der Waals surface area contributed by atoms with E-state index in [1.165, 1.54) is 22.4 Å². The molecule has 0 radical (unpaired) electrons. The first-order valence-electron chi connectivity index (χ1n) is 10.2. The van der Waals surface area contributed by atoms with Gasteiger partial charge in [0.2, 0.25) is 0 Å². The van der Waals surface area contributed by atoms with Gasteiger partial charge in [-0.1, -0.05) is 66.7 Å². The van der Waals surface area contributed by atoms with E-state index in [0.29, 0.717) is 6.54 Å². The maximum atomic E-state index is 12.6. The molecule has 31 heavy (non-hydrogen) atoms. The molecule has 2 heterocycles. The number of aromatic nitrogens is 1. The number of fused-ring (bicyclic) bond motifs is 2. The van der Waals surface area contributed by atoms with Crippen molar-refractivity contribution in [1.29, 1.82) is 0 Å². The number of hydrogen-bond donors (Lipinski definition) is 1. The van der Waals surface area contributed by atoms with Gasteiger partial charge >= 0.3 is 6.03 Å². The summed E-state index contributed by atoms with van der Waals surface area (Å²) in [6.45, 7) is 4.50. The zero-order chi connectivity index (χ0) is 21.4. The smallest absolute Gasteiger partial charge is 0.329 e. The van der Waals surface area contributed by atoms with Crippen LogP contribution in [0.3, 0.4) is 0 Å². The molecule has 0 atom stereocenters. The highest BCUT2D eigenvalue weighted by Gasteiger charge is 2.32. The molecule has 0 aliphatic carbocycles. The lowest BCUT2D eigenvalue weighted by Crippen LogP contribution is -2.30. The van der Waals surface area contributed by atoms with Gasteiger partial charge in [0.05, 0.1) is 0 Å². The van der Waals surface area contributed by atoms with Gasteiger partial charge < -0.3 is 9.88 Å². The van der Waals surface area contributed by atoms with E-state index in [1.54, 1.807) is 6.08 Å². The normalized spacial score (nSPS) is 15.2. The molecule has 3 aromatic carbocycles. The van der Waals surface area contributed by atoms with Gasteiger partial charge in [-0.2, -0.15) is 0 Å². The van der Waals surface area contributed by atoms with Crippen molar-refractivity contribution in [3.05, 3.63) is 102 Å². The molecule has 1 aromatic heterocycles. The van der Waals surface area contributed by atoms with Crippen LogP contribution in [0.2, 0.25) is 0 Å². The quantitative estimate of drug-likeness (QED) is 0.290. The van der Waals surface area contributed by atoms with Crippen LogP contribution in [0.15, 0.2) is 91.3 Å². The Bertz CT molecular complexity index is 1370. The molecule has 0 bridgehead atoms. The summed E-state index contributed by atoms with van der Waals surface area (Å²) in [5.74, 6) is -0.337. The van der Waals surface area contributed by atoms with Gasteiger partial charge in [0.25, 0.3) is 5.91 Å². The predicted octanol–water partition coefficient (Wildman–Crippen LogP) is 4.92. The average Bonchev–Trinajstić information content (AvgIpc) is 3.26. The summed E-state index contributed by atoms with van der Waals surface area (Å²) in [5.41, 5.74) is 3.46. The third-order valence-corrected chi connectivity index (χ3v) is 5.61. The van der Waals surface area contributed by atoms with E-state index >= 15 is 0 Å². The summed E-state index contributed by atoms with van der Waals surface area (Å²) < 4.78 is 2.19. The third kappa shape index (κ3) is 3.30. The number of rotatable bonds is 5. The Morgan fingerprint density at radius 1 is 0.903 bits per heavy atom. The van der Waals surface area contributed by atoms with E-state index in [4.69, 9.17) is 0 Å². The van der Waals surface area contributed by atoms with Gasteiger partial charge in [-0.3, -0.25) is 9.69 Å². The maximum Gasteiger partial charge on any atom is 0.329 e. The number of imide groups is 1. The fourth-order valence-corrected chi connectivity index (χ4v) is 4.16. The largest absolute Gasteiger partial charge is 0.342 e. The van der Waals surface area contributed by atoms with Crippen LogP contribution in [-0.2, 0) is 11.3 Å². The van der Waals surface area contributed by atoms with Crippen LogP contribution in [0.1, 0.15) is 11.1 Å². The second-order valence-electron chi connectivity index (χ2n) is 7.56. The van der Waals surface area contributed by atoms with Crippen molar-refractivity contribution in [2.45, 2.75) is 6.54 Å². The summed E-state index contributed by atoms with van der Waals surface area (Å²) in [7, 11) is 0. The molecular weight excluding hydrogens is 386 g/mol. The second-order valence-corrected chi connectivity index (χ2v) is 7.56. The molecule has 5 rings (SSSR count). The number of benzene rings is 3. The average molecular weight is 407 g/mol. The highest BCUT2D eigenvalue weighted by Crippen LogP contribution is 2.27. The first-order chi connectivity index (χ1) is 15.2. The van der Waals surface area contributed by atoms with Crippen molar-refractivity contribution >= 4 is 39.7 Å². The number of carbonyl (C=O) groups is 2. The monoisotopic (exact) mass is 407 g/mol. The fraction of sp³-hybridized carbons (Fsp3) is 0.0769. The standard InChI is InChI=1S/C26H21N3O2/c1-2-14-29-25(30)23(27-26(29)31)15-20-17-28(24-13-6-5-12-22(20)24)16-19-10-7-9-18-8-3-4-11-21(18)19/h2-13,15,17H,1,14,16H2,(H,27,31)/b23-15+. The molecule has 1 aliphatic rings. The van der Waals surface area contributed by atoms with Crippen molar-refractivity contribution in [3.8, 4) is 0 Å². The Kier molecular flexibility index (Phi) is 4.64. The van der Waals surface area contributed by atoms with Crippen molar-refractivity contribution in [1.82, 2.24) is 14.8 Å². The summed E-state index contributed by atoms with van der Waals surface area (Å²) in [4.78, 5) is 25.9. The number of carbonyl (C=O) groups excluding carboxylic acids is 2. The first-order valence-corrected chi connectivity index (χ1v) is 10.2. The fourth-order valence-electron chi connectivity index (χ4n) is 4.16. The maximum absolute atomic E-state index is 12.6. The summed E-state index contributed by atoms with van der Waals surface area (Å²) in [5, 5.41) is 6.14. The number of para-hydroxylation sites is 1. The summed E-state index contributed by atoms with van der Waals surface area (Å²) in [6.07, 6.45) is 5.33. The molecule has 0 spiro atoms. The van der Waals surface area contributed by atoms with E-state index < -0.39 is 6.03 Å². The van der Waals surface area contributed by atoms with Gasteiger partial charge in [-0.15, -0.1) is 6.58 Å². The molecule has 0 unspecified atom stereocenters. The van der Waals surface area contributed by atoms with Crippen LogP contribution in [0.25, 0.3) is 27.8 Å². The Hall–Kier alpha value is -4.12. The van der Waals surface area contributed by atoms with E-state index in [0.717, 1.165) is 21.4 Å². The molecular formula is C26H21N3O2. The van der Waals surface area contributed by atoms with Crippen LogP contribution < -0.4 is 5.32 Å². The molecule has 1 aliphatic heterocycles. The molecule has 5 nitrogen and oxygen atoms in total. The molecule has 1 N–H and O–H groups in total. The van der Waals surface area contributed by atoms with Crippen LogP contribution in [0.4, 0.5) is 4.79 Å². The lowest BCUT2D eigenvalue weighted by atomic mass is 10.0. The molecule has 152 valence electrons. The zero-order valence-electron chi connectivity index (χ0n) is 16.9. The SMILES string of the molecule is C=CCN1C(=O)N/C(=C/c2cn(Cc3cccc4ccccc34)c3ccccc23)C1=O. The molecule has 5 heteroatoms. The number of nitrogens with one attached hydrogen (secondary N) is 1. The summed E-state index contributed by atoms with van der Waals surface area (Å²) >= 11 is 0. The van der Waals surface area contributed by atoms with Crippen molar-refractivity contribution in [2.24, 2.45) is 0 Å². The Labute approximate surface area is 179 Å². The summed E-state index contributed by atoms with van der Waals surface area (Å²) in [6, 6.07) is 22.4. The van der Waals surface area contributed by atoms with Gasteiger partial charge in [0, 0.05) is 35.8 Å². The number of hydrogen-bond acceptors (Lipinski definition) is 2. The molecule has 1 fully saturated rings. The Morgan fingerprint density at radius 2 is 1.65 bits per heavy atom. The number of amides is 3. The Balaban J connectivity index is 1.57. The molecule has 1 saturated heterocycles. The van der Waals surface area contributed by atoms with E-state index in [2.05, 4.69) is 58.9 Å². The highest BCUT2D eigenvalue weighted by atomic mass is 16.2. The minimum atomic E-state index is -0.421. The van der Waals surface area contributed by atoms with Gasteiger partial charge in [-0.25, -0.2) is 4.79 Å². The van der Waals surface area contributed by atoms with Gasteiger partial charge in [-0.05, 0) is 28.5 Å². The molecule has 4 aromatic rings. The number of nitrogens with zero attached hydrogens (tertiary/aromatic N) is 2. The van der Waals surface area contributed by atoms with Gasteiger partial charge in [0.15, 0.2) is 0 Å². The lowest BCUT2D eigenvalue weighted by molar-refractivity contribution is -0.122. The molecule has 3 amide bonds. The zero-order valence-corrected chi connectivity index (χ0v) is 16.9. The van der Waals surface area contributed by atoms with Crippen LogP contribution in [0, 0.1) is 0 Å². The lowest BCUT2D eigenvalue weighted by Gasteiger charge is -2.09. The first kappa shape index (κ1) is 18.9. The van der Waals surface area contributed by atoms with E-state index in [9.17, 15) is 9.59 Å². The highest BCUT2D eigenvalue weighted by molar-refractivity contribution is 6.14. The van der Waals surface area contributed by atoms with Crippen LogP contribution in [0.5, 0.6) is 0 Å². The Morgan fingerprint density at radius 3 is 2.48 bits per heavy atom. The third-order valence-electron chi connectivity index (χ3n) is 5.61. The van der Waals surface area contributed by atoms with Crippen LogP contribution in [-0.4, -0.2) is 28.0 Å². The van der Waals surface area contributed by atoms with Gasteiger partial charge in [0.1, 0.15) is 5.70 Å². The predicted molar refractivity (Wildman–Crippen MR) is 123 cm³/mol. The van der Waals surface area contributed by atoms with Crippen molar-refractivity contribution in [3.63, 3.8) is 0 Å². The van der Waals surface area contributed by atoms with Crippen LogP contribution >= 0.6 is 0 Å². The van der Waals surface area contributed by atoms with Crippen molar-refractivity contribution in [2.75, 3.05) is 6.54 Å². The molecule has 0 saturated carbocycles. The van der Waals surface area contributed by atoms with E-state index in [-0.39, 0.29) is 18.1 Å².